The summed E-state index contributed by atoms with van der Waals surface area (Å²) >= 11 is 1.72. The van der Waals surface area contributed by atoms with E-state index in [4.69, 9.17) is 5.11 Å². The third-order valence-corrected chi connectivity index (χ3v) is 4.95. The van der Waals surface area contributed by atoms with Gasteiger partial charge in [0.25, 0.3) is 0 Å². The van der Waals surface area contributed by atoms with Gasteiger partial charge < -0.3 is 10.4 Å². The molecule has 0 fully saturated rings. The molecule has 0 saturated carbocycles. The minimum atomic E-state index is -0.871. The Bertz CT molecular complexity index is 707. The van der Waals surface area contributed by atoms with Gasteiger partial charge >= 0.3 is 5.97 Å². The molecular formula is C19H24N2O2S. The largest absolute Gasteiger partial charge is 0.478 e. The van der Waals surface area contributed by atoms with Gasteiger partial charge in [0.2, 0.25) is 0 Å². The molecule has 0 atom stereocenters. The third-order valence-electron chi connectivity index (χ3n) is 3.81. The first-order valence-electron chi connectivity index (χ1n) is 8.24. The van der Waals surface area contributed by atoms with E-state index in [1.165, 1.54) is 16.5 Å². The van der Waals surface area contributed by atoms with Crippen LogP contribution in [0, 0.1) is 13.8 Å². The number of anilines is 2. The van der Waals surface area contributed by atoms with Crippen molar-refractivity contribution in [2.75, 3.05) is 5.32 Å². The van der Waals surface area contributed by atoms with Crippen LogP contribution in [0.3, 0.4) is 0 Å². The lowest BCUT2D eigenvalue weighted by Crippen LogP contribution is -1.91. The molecule has 0 spiro atoms. The highest BCUT2D eigenvalue weighted by Gasteiger charge is 2.08. The zero-order valence-corrected chi connectivity index (χ0v) is 15.0. The molecule has 0 unspecified atom stereocenters. The van der Waals surface area contributed by atoms with Crippen molar-refractivity contribution in [2.45, 2.75) is 46.0 Å². The van der Waals surface area contributed by atoms with Crippen LogP contribution in [0.15, 0.2) is 36.4 Å². The van der Waals surface area contributed by atoms with Crippen molar-refractivity contribution >= 4 is 28.1 Å². The maximum absolute atomic E-state index is 10.4. The molecule has 0 radical (unpaired) electrons. The maximum atomic E-state index is 10.4. The average Bonchev–Trinajstić information content (AvgIpc) is 2.88. The van der Waals surface area contributed by atoms with Crippen LogP contribution in [-0.2, 0) is 11.2 Å². The molecule has 0 aliphatic heterocycles. The van der Waals surface area contributed by atoms with Crippen LogP contribution in [0.1, 0.15) is 41.8 Å². The van der Waals surface area contributed by atoms with E-state index in [0.29, 0.717) is 0 Å². The molecule has 24 heavy (non-hydrogen) atoms. The van der Waals surface area contributed by atoms with Crippen molar-refractivity contribution in [1.29, 1.82) is 0 Å². The van der Waals surface area contributed by atoms with Gasteiger partial charge in [-0.15, -0.1) is 11.3 Å². The summed E-state index contributed by atoms with van der Waals surface area (Å²) in [6, 6.07) is 8.21. The molecule has 128 valence electrons. The van der Waals surface area contributed by atoms with Crippen molar-refractivity contribution in [2.24, 2.45) is 0 Å². The number of aromatic nitrogens is 1. The van der Waals surface area contributed by atoms with Crippen LogP contribution in [0.2, 0.25) is 0 Å². The minimum Gasteiger partial charge on any atom is -0.478 e. The van der Waals surface area contributed by atoms with Gasteiger partial charge in [-0.3, -0.25) is 0 Å². The molecule has 0 aliphatic carbocycles. The van der Waals surface area contributed by atoms with E-state index in [-0.39, 0.29) is 0 Å². The van der Waals surface area contributed by atoms with Crippen LogP contribution in [0.4, 0.5) is 10.8 Å². The first-order valence-corrected chi connectivity index (χ1v) is 9.06. The van der Waals surface area contributed by atoms with E-state index in [1.807, 2.05) is 12.1 Å². The lowest BCUT2D eigenvalue weighted by molar-refractivity contribution is -0.131. The summed E-state index contributed by atoms with van der Waals surface area (Å²) in [6.45, 7) is 4.15. The number of benzene rings is 1. The zero-order chi connectivity index (χ0) is 17.4. The number of thiazole rings is 1. The fourth-order valence-electron chi connectivity index (χ4n) is 2.45. The number of aliphatic carboxylic acids is 1. The summed E-state index contributed by atoms with van der Waals surface area (Å²) < 4.78 is 0. The first-order chi connectivity index (χ1) is 11.6. The van der Waals surface area contributed by atoms with Crippen molar-refractivity contribution in [1.82, 2.24) is 4.98 Å². The highest BCUT2D eigenvalue weighted by Crippen LogP contribution is 2.28. The van der Waals surface area contributed by atoms with Gasteiger partial charge in [0.1, 0.15) is 0 Å². The van der Waals surface area contributed by atoms with Crippen LogP contribution in [-0.4, -0.2) is 16.1 Å². The molecule has 1 aromatic carbocycles. The number of carboxylic acids is 1. The number of hydrogen-bond donors (Lipinski definition) is 2. The van der Waals surface area contributed by atoms with Crippen LogP contribution in [0.25, 0.3) is 0 Å². The molecule has 2 rings (SSSR count). The predicted molar refractivity (Wildman–Crippen MR) is 100 cm³/mol. The van der Waals surface area contributed by atoms with Crippen molar-refractivity contribution in [3.63, 3.8) is 0 Å². The summed E-state index contributed by atoms with van der Waals surface area (Å²) in [5, 5.41) is 12.9. The number of unbranched alkanes of at least 4 members (excludes halogenated alkanes) is 3. The number of allylic oxidation sites excluding steroid dienone is 1. The number of carbonyl (C=O) groups is 1. The smallest absolute Gasteiger partial charge is 0.327 e. The van der Waals surface area contributed by atoms with E-state index in [1.54, 1.807) is 17.4 Å². The molecular weight excluding hydrogens is 320 g/mol. The lowest BCUT2D eigenvalue weighted by Gasteiger charge is -2.05. The van der Waals surface area contributed by atoms with E-state index < -0.39 is 5.97 Å². The second kappa shape index (κ2) is 9.23. The number of aryl methyl sites for hydroxylation is 3. The molecule has 0 amide bonds. The lowest BCUT2D eigenvalue weighted by atomic mass is 10.1. The molecule has 5 heteroatoms. The van der Waals surface area contributed by atoms with E-state index >= 15 is 0 Å². The highest BCUT2D eigenvalue weighted by molar-refractivity contribution is 7.15. The topological polar surface area (TPSA) is 62.2 Å². The Balaban J connectivity index is 1.79. The Morgan fingerprint density at radius 2 is 2.04 bits per heavy atom. The zero-order valence-electron chi connectivity index (χ0n) is 14.2. The van der Waals surface area contributed by atoms with Gasteiger partial charge in [-0.2, -0.15) is 0 Å². The Morgan fingerprint density at radius 1 is 1.25 bits per heavy atom. The Kier molecular flexibility index (Phi) is 7.00. The van der Waals surface area contributed by atoms with E-state index in [2.05, 4.69) is 36.3 Å². The number of rotatable bonds is 9. The molecule has 2 aromatic rings. The summed E-state index contributed by atoms with van der Waals surface area (Å²) in [6.07, 6.45) is 8.03. The molecule has 1 heterocycles. The van der Waals surface area contributed by atoms with Gasteiger partial charge in [0.15, 0.2) is 5.13 Å². The molecule has 1 aromatic heterocycles. The highest BCUT2D eigenvalue weighted by atomic mass is 32.1. The van der Waals surface area contributed by atoms with Gasteiger partial charge in [-0.25, -0.2) is 9.78 Å². The molecule has 0 aliphatic rings. The second-order valence-corrected chi connectivity index (χ2v) is 6.89. The summed E-state index contributed by atoms with van der Waals surface area (Å²) in [4.78, 5) is 16.3. The third kappa shape index (κ3) is 5.81. The van der Waals surface area contributed by atoms with Gasteiger partial charge in [0, 0.05) is 16.6 Å². The van der Waals surface area contributed by atoms with Crippen LogP contribution in [0.5, 0.6) is 0 Å². The number of nitrogens with zero attached hydrogens (tertiary/aromatic N) is 1. The first kappa shape index (κ1) is 18.2. The van der Waals surface area contributed by atoms with Gasteiger partial charge in [-0.1, -0.05) is 30.7 Å². The Hall–Kier alpha value is -2.14. The standard InChI is InChI=1S/C19H24N2O2S/c1-14-10-8-9-11-16(14)21-19-20-15(2)17(24-19)12-6-4-3-5-7-13-18(22)23/h7-11,13H,3-6,12H2,1-2H3,(H,20,21)(H,22,23). The van der Waals surface area contributed by atoms with Crippen LogP contribution < -0.4 is 5.32 Å². The average molecular weight is 344 g/mol. The minimum absolute atomic E-state index is 0.827. The summed E-state index contributed by atoms with van der Waals surface area (Å²) in [5.74, 6) is -0.871. The number of carboxylic acid groups (broad SMARTS) is 1. The number of nitrogens with one attached hydrogen (secondary N) is 1. The predicted octanol–water partition coefficient (Wildman–Crippen LogP) is 5.25. The second-order valence-electron chi connectivity index (χ2n) is 5.81. The Morgan fingerprint density at radius 3 is 2.79 bits per heavy atom. The molecule has 2 N–H and O–H groups in total. The van der Waals surface area contributed by atoms with Crippen molar-refractivity contribution < 1.29 is 9.90 Å². The normalized spacial score (nSPS) is 11.1. The molecule has 4 nitrogen and oxygen atoms in total. The number of hydrogen-bond acceptors (Lipinski definition) is 4. The summed E-state index contributed by atoms with van der Waals surface area (Å²) in [7, 11) is 0. The fourth-order valence-corrected chi connectivity index (χ4v) is 3.47. The monoisotopic (exact) mass is 344 g/mol. The number of para-hydroxylation sites is 1. The Labute approximate surface area is 147 Å². The van der Waals surface area contributed by atoms with E-state index in [0.717, 1.165) is 48.6 Å². The quantitative estimate of drug-likeness (QED) is 0.482. The van der Waals surface area contributed by atoms with Crippen LogP contribution >= 0.6 is 11.3 Å². The molecule has 0 bridgehead atoms. The fraction of sp³-hybridized carbons (Fsp3) is 0.368. The van der Waals surface area contributed by atoms with E-state index in [9.17, 15) is 4.79 Å². The van der Waals surface area contributed by atoms with Crippen molar-refractivity contribution in [3.05, 3.63) is 52.6 Å². The van der Waals surface area contributed by atoms with Gasteiger partial charge in [0.05, 0.1) is 5.69 Å². The maximum Gasteiger partial charge on any atom is 0.327 e. The van der Waals surface area contributed by atoms with Gasteiger partial charge in [-0.05, 0) is 51.2 Å². The van der Waals surface area contributed by atoms with Crippen molar-refractivity contribution in [3.8, 4) is 0 Å². The molecule has 0 saturated heterocycles. The summed E-state index contributed by atoms with van der Waals surface area (Å²) in [5.41, 5.74) is 3.41. The SMILES string of the molecule is Cc1ccccc1Nc1nc(C)c(CCCCCC=CC(=O)O)s1.